The monoisotopic (exact) mass is 251 g/mol. The van der Waals surface area contributed by atoms with E-state index in [0.717, 1.165) is 11.3 Å². The highest BCUT2D eigenvalue weighted by atomic mass is 16.5. The minimum absolute atomic E-state index is 0.189. The molecule has 102 valence electrons. The lowest BCUT2D eigenvalue weighted by atomic mass is 9.88. The first-order valence-corrected chi connectivity index (χ1v) is 6.40. The maximum absolute atomic E-state index is 10.1. The molecule has 3 nitrogen and oxygen atoms in total. The zero-order valence-corrected chi connectivity index (χ0v) is 12.0. The van der Waals surface area contributed by atoms with Gasteiger partial charge in [-0.05, 0) is 30.0 Å². The Kier molecular flexibility index (Phi) is 5.17. The van der Waals surface area contributed by atoms with Crippen LogP contribution in [-0.2, 0) is 0 Å². The molecule has 2 atom stereocenters. The molecule has 0 radical (unpaired) electrons. The molecular formula is C15H25NO2. The second-order valence-electron chi connectivity index (χ2n) is 5.79. The molecule has 2 N–H and O–H groups in total. The van der Waals surface area contributed by atoms with Gasteiger partial charge in [0.15, 0.2) is 0 Å². The molecule has 0 aromatic heterocycles. The summed E-state index contributed by atoms with van der Waals surface area (Å²) in [6, 6.07) is 7.90. The quantitative estimate of drug-likeness (QED) is 0.845. The van der Waals surface area contributed by atoms with Gasteiger partial charge in [-0.25, -0.2) is 0 Å². The van der Waals surface area contributed by atoms with Crippen molar-refractivity contribution < 1.29 is 9.84 Å². The summed E-state index contributed by atoms with van der Waals surface area (Å²) in [6.45, 7) is 9.23. The summed E-state index contributed by atoms with van der Waals surface area (Å²) >= 11 is 0. The number of hydrogen-bond donors (Lipinski definition) is 2. The summed E-state index contributed by atoms with van der Waals surface area (Å²) in [7, 11) is 1.63. The van der Waals surface area contributed by atoms with Gasteiger partial charge in [-0.1, -0.05) is 32.9 Å². The van der Waals surface area contributed by atoms with Crippen molar-refractivity contribution in [1.82, 2.24) is 5.32 Å². The van der Waals surface area contributed by atoms with E-state index in [1.54, 1.807) is 7.11 Å². The van der Waals surface area contributed by atoms with Crippen molar-refractivity contribution in [3.63, 3.8) is 0 Å². The van der Waals surface area contributed by atoms with Crippen LogP contribution >= 0.6 is 0 Å². The van der Waals surface area contributed by atoms with E-state index in [1.165, 1.54) is 0 Å². The molecule has 2 unspecified atom stereocenters. The Hall–Kier alpha value is -1.06. The van der Waals surface area contributed by atoms with Crippen molar-refractivity contribution in [3.8, 4) is 5.75 Å². The average molecular weight is 251 g/mol. The zero-order valence-electron chi connectivity index (χ0n) is 12.0. The highest BCUT2D eigenvalue weighted by Crippen LogP contribution is 2.21. The van der Waals surface area contributed by atoms with Crippen LogP contribution in [0.5, 0.6) is 5.75 Å². The number of aliphatic hydroxyl groups excluding tert-OH is 1. The molecule has 1 rings (SSSR count). The minimum atomic E-state index is -0.509. The van der Waals surface area contributed by atoms with E-state index in [-0.39, 0.29) is 5.41 Å². The smallest absolute Gasteiger partial charge is 0.119 e. The second-order valence-corrected chi connectivity index (χ2v) is 5.79. The van der Waals surface area contributed by atoms with E-state index in [2.05, 4.69) is 33.0 Å². The van der Waals surface area contributed by atoms with E-state index in [0.29, 0.717) is 12.6 Å². The summed E-state index contributed by atoms with van der Waals surface area (Å²) in [5.74, 6) is 0.774. The largest absolute Gasteiger partial charge is 0.497 e. The van der Waals surface area contributed by atoms with E-state index >= 15 is 0 Å². The van der Waals surface area contributed by atoms with Gasteiger partial charge in [0.25, 0.3) is 0 Å². The van der Waals surface area contributed by atoms with Gasteiger partial charge in [0.2, 0.25) is 0 Å². The maximum Gasteiger partial charge on any atom is 0.119 e. The van der Waals surface area contributed by atoms with Crippen LogP contribution in [-0.4, -0.2) is 24.8 Å². The molecule has 0 bridgehead atoms. The molecule has 0 saturated carbocycles. The third-order valence-corrected chi connectivity index (χ3v) is 3.39. The Morgan fingerprint density at radius 1 is 1.33 bits per heavy atom. The van der Waals surface area contributed by atoms with Gasteiger partial charge in [0.1, 0.15) is 5.75 Å². The van der Waals surface area contributed by atoms with Crippen molar-refractivity contribution in [2.45, 2.75) is 39.8 Å². The first kappa shape index (κ1) is 15.0. The van der Waals surface area contributed by atoms with Crippen molar-refractivity contribution in [2.75, 3.05) is 13.7 Å². The lowest BCUT2D eigenvalue weighted by Gasteiger charge is -2.29. The van der Waals surface area contributed by atoms with E-state index in [9.17, 15) is 5.11 Å². The Morgan fingerprint density at radius 2 is 2.00 bits per heavy atom. The SMILES string of the molecule is COc1cccc(C(O)CNC(C)C(C)(C)C)c1. The van der Waals surface area contributed by atoms with Crippen LogP contribution in [0.2, 0.25) is 0 Å². The van der Waals surface area contributed by atoms with Crippen molar-refractivity contribution >= 4 is 0 Å². The molecule has 0 heterocycles. The summed E-state index contributed by atoms with van der Waals surface area (Å²) < 4.78 is 5.15. The van der Waals surface area contributed by atoms with Gasteiger partial charge >= 0.3 is 0 Å². The average Bonchev–Trinajstić information content (AvgIpc) is 2.34. The second kappa shape index (κ2) is 6.21. The standard InChI is InChI=1S/C15H25NO2/c1-11(15(2,3)4)16-10-14(17)12-7-6-8-13(9-12)18-5/h6-9,11,14,16-17H,10H2,1-5H3. The number of hydrogen-bond acceptors (Lipinski definition) is 3. The summed E-state index contributed by atoms with van der Waals surface area (Å²) in [5, 5.41) is 13.5. The van der Waals surface area contributed by atoms with Crippen LogP contribution in [0, 0.1) is 5.41 Å². The fourth-order valence-electron chi connectivity index (χ4n) is 1.56. The van der Waals surface area contributed by atoms with Crippen LogP contribution in [0.1, 0.15) is 39.4 Å². The molecule has 0 aliphatic carbocycles. The predicted molar refractivity (Wildman–Crippen MR) is 74.9 cm³/mol. The van der Waals surface area contributed by atoms with Crippen LogP contribution in [0.3, 0.4) is 0 Å². The van der Waals surface area contributed by atoms with Crippen molar-refractivity contribution in [3.05, 3.63) is 29.8 Å². The first-order valence-electron chi connectivity index (χ1n) is 6.40. The molecule has 1 aromatic rings. The lowest BCUT2D eigenvalue weighted by molar-refractivity contribution is 0.157. The summed E-state index contributed by atoms with van der Waals surface area (Å²) in [6.07, 6.45) is -0.509. The lowest BCUT2D eigenvalue weighted by Crippen LogP contribution is -2.39. The topological polar surface area (TPSA) is 41.5 Å². The van der Waals surface area contributed by atoms with Crippen LogP contribution in [0.25, 0.3) is 0 Å². The predicted octanol–water partition coefficient (Wildman–Crippen LogP) is 2.75. The van der Waals surface area contributed by atoms with E-state index < -0.39 is 6.10 Å². The van der Waals surface area contributed by atoms with Gasteiger partial charge in [-0.15, -0.1) is 0 Å². The molecule has 0 spiro atoms. The van der Waals surface area contributed by atoms with Crippen molar-refractivity contribution in [2.24, 2.45) is 5.41 Å². The minimum Gasteiger partial charge on any atom is -0.497 e. The number of nitrogens with one attached hydrogen (secondary N) is 1. The third-order valence-electron chi connectivity index (χ3n) is 3.39. The molecule has 0 fully saturated rings. The summed E-state index contributed by atoms with van der Waals surface area (Å²) in [5.41, 5.74) is 1.07. The highest BCUT2D eigenvalue weighted by Gasteiger charge is 2.20. The molecule has 0 saturated heterocycles. The van der Waals surface area contributed by atoms with E-state index in [4.69, 9.17) is 4.74 Å². The number of benzene rings is 1. The molecule has 0 amide bonds. The highest BCUT2D eigenvalue weighted by molar-refractivity contribution is 5.29. The fourth-order valence-corrected chi connectivity index (χ4v) is 1.56. The molecular weight excluding hydrogens is 226 g/mol. The molecule has 18 heavy (non-hydrogen) atoms. The van der Waals surface area contributed by atoms with Gasteiger partial charge < -0.3 is 15.2 Å². The number of ether oxygens (including phenoxy) is 1. The molecule has 3 heteroatoms. The van der Waals surface area contributed by atoms with E-state index in [1.807, 2.05) is 24.3 Å². The van der Waals surface area contributed by atoms with Gasteiger partial charge in [-0.2, -0.15) is 0 Å². The molecule has 1 aromatic carbocycles. The molecule has 0 aliphatic heterocycles. The third kappa shape index (κ3) is 4.31. The number of aliphatic hydroxyl groups is 1. The summed E-state index contributed by atoms with van der Waals surface area (Å²) in [4.78, 5) is 0. The number of rotatable bonds is 5. The normalized spacial score (nSPS) is 15.2. The van der Waals surface area contributed by atoms with Gasteiger partial charge in [0.05, 0.1) is 13.2 Å². The number of methoxy groups -OCH3 is 1. The molecule has 0 aliphatic rings. The first-order chi connectivity index (χ1) is 8.34. The zero-order chi connectivity index (χ0) is 13.8. The maximum atomic E-state index is 10.1. The van der Waals surface area contributed by atoms with Crippen molar-refractivity contribution in [1.29, 1.82) is 0 Å². The van der Waals surface area contributed by atoms with Crippen LogP contribution in [0.15, 0.2) is 24.3 Å². The van der Waals surface area contributed by atoms with Crippen LogP contribution in [0.4, 0.5) is 0 Å². The van der Waals surface area contributed by atoms with Gasteiger partial charge in [-0.3, -0.25) is 0 Å². The van der Waals surface area contributed by atoms with Crippen LogP contribution < -0.4 is 10.1 Å². The Balaban J connectivity index is 2.57. The Morgan fingerprint density at radius 3 is 2.56 bits per heavy atom. The van der Waals surface area contributed by atoms with Gasteiger partial charge in [0, 0.05) is 12.6 Å². The Labute approximate surface area is 110 Å². The Bertz CT molecular complexity index is 371. The fraction of sp³-hybridized carbons (Fsp3) is 0.600.